The van der Waals surface area contributed by atoms with E-state index in [1.54, 1.807) is 10.8 Å². The largest absolute Gasteiger partial charge is 0.452 e. The number of benzene rings is 1. The van der Waals surface area contributed by atoms with Gasteiger partial charge in [-0.1, -0.05) is 106 Å². The molecule has 1 aromatic carbocycles. The molecule has 0 saturated carbocycles. The summed E-state index contributed by atoms with van der Waals surface area (Å²) in [6.45, 7) is 2.63. The molecule has 24 heavy (non-hydrogen) atoms. The fraction of sp³-hybridized carbons (Fsp3) is 0.650. The summed E-state index contributed by atoms with van der Waals surface area (Å²) in [6.07, 6.45) is 13.5. The van der Waals surface area contributed by atoms with E-state index in [0.29, 0.717) is 6.61 Å². The number of hydrogen-bond donors (Lipinski definition) is 0. The van der Waals surface area contributed by atoms with Crippen molar-refractivity contribution >= 4 is 26.9 Å². The molecule has 0 aliphatic carbocycles. The first kappa shape index (κ1) is 21.4. The lowest BCUT2D eigenvalue weighted by Crippen LogP contribution is -1.96. The average molecular weight is 369 g/mol. The second-order valence-electron chi connectivity index (χ2n) is 6.11. The van der Waals surface area contributed by atoms with Gasteiger partial charge in [-0.25, -0.2) is 4.79 Å². The van der Waals surface area contributed by atoms with Gasteiger partial charge in [-0.15, -0.1) is 0 Å². The van der Waals surface area contributed by atoms with Gasteiger partial charge in [0.1, 0.15) is 6.61 Å². The Kier molecular flexibility index (Phi) is 14.2. The maximum absolute atomic E-state index is 11.6. The zero-order valence-corrected chi connectivity index (χ0v) is 16.6. The summed E-state index contributed by atoms with van der Waals surface area (Å²) in [5.74, 6) is 1.03. The number of ether oxygens (including phenoxy) is 1. The van der Waals surface area contributed by atoms with Gasteiger partial charge in [0, 0.05) is 16.5 Å². The fourth-order valence-corrected chi connectivity index (χ4v) is 4.12. The number of carbonyl (C=O) groups is 1. The molecule has 2 nitrogen and oxygen atoms in total. The Morgan fingerprint density at radius 3 is 2.08 bits per heavy atom. The van der Waals surface area contributed by atoms with Gasteiger partial charge < -0.3 is 4.74 Å². The lowest BCUT2D eigenvalue weighted by Gasteiger charge is -2.04. The van der Waals surface area contributed by atoms with Crippen LogP contribution in [0.2, 0.25) is 0 Å². The van der Waals surface area contributed by atoms with E-state index in [-0.39, 0.29) is 5.30 Å². The fourth-order valence-electron chi connectivity index (χ4n) is 2.48. The van der Waals surface area contributed by atoms with Crippen molar-refractivity contribution in [2.75, 3.05) is 5.75 Å². The molecule has 0 radical (unpaired) electrons. The molecular formula is C20H32O2S2. The van der Waals surface area contributed by atoms with E-state index in [9.17, 15) is 4.79 Å². The maximum atomic E-state index is 11.6. The average Bonchev–Trinajstić information content (AvgIpc) is 2.62. The van der Waals surface area contributed by atoms with Gasteiger partial charge >= 0.3 is 5.30 Å². The maximum Gasteiger partial charge on any atom is 0.378 e. The Hall–Kier alpha value is -0.610. The van der Waals surface area contributed by atoms with Crippen molar-refractivity contribution < 1.29 is 9.53 Å². The molecule has 136 valence electrons. The van der Waals surface area contributed by atoms with Gasteiger partial charge in [0.15, 0.2) is 0 Å². The number of rotatable bonds is 14. The molecule has 4 heteroatoms. The van der Waals surface area contributed by atoms with Crippen LogP contribution in [0.15, 0.2) is 30.3 Å². The Morgan fingerprint density at radius 1 is 0.875 bits per heavy atom. The predicted molar refractivity (Wildman–Crippen MR) is 109 cm³/mol. The lowest BCUT2D eigenvalue weighted by atomic mass is 10.1. The number of carbonyl (C=O) groups excluding carboxylic acids is 1. The predicted octanol–water partition coefficient (Wildman–Crippen LogP) is 7.63. The molecule has 0 heterocycles. The zero-order chi connectivity index (χ0) is 17.3. The molecule has 0 spiro atoms. The van der Waals surface area contributed by atoms with Gasteiger partial charge in [0.05, 0.1) is 0 Å². The molecule has 0 saturated heterocycles. The van der Waals surface area contributed by atoms with Crippen LogP contribution in [0.5, 0.6) is 0 Å². The van der Waals surface area contributed by atoms with Crippen LogP contribution in [-0.2, 0) is 11.3 Å². The van der Waals surface area contributed by atoms with E-state index in [4.69, 9.17) is 4.74 Å². The summed E-state index contributed by atoms with van der Waals surface area (Å²) in [6, 6.07) is 9.80. The molecular weight excluding hydrogens is 336 g/mol. The summed E-state index contributed by atoms with van der Waals surface area (Å²) in [5.41, 5.74) is 1.03. The van der Waals surface area contributed by atoms with Crippen LogP contribution in [0.4, 0.5) is 4.79 Å². The summed E-state index contributed by atoms with van der Waals surface area (Å²) in [4.78, 5) is 11.6. The standard InChI is InChI=1S/C20H32O2S2/c1-2-3-4-5-6-7-8-9-10-14-17-23-24-20(21)22-18-19-15-12-11-13-16-19/h11-13,15-16H,2-10,14,17-18H2,1H3. The van der Waals surface area contributed by atoms with Gasteiger partial charge in [-0.05, 0) is 12.0 Å². The molecule has 0 unspecified atom stereocenters. The van der Waals surface area contributed by atoms with E-state index < -0.39 is 0 Å². The highest BCUT2D eigenvalue weighted by Crippen LogP contribution is 2.25. The zero-order valence-electron chi connectivity index (χ0n) is 15.0. The summed E-state index contributed by atoms with van der Waals surface area (Å²) >= 11 is 0. The molecule has 0 aliphatic heterocycles. The first-order valence-electron chi connectivity index (χ1n) is 9.33. The molecule has 1 rings (SSSR count). The molecule has 0 N–H and O–H groups in total. The highest BCUT2D eigenvalue weighted by Gasteiger charge is 2.04. The van der Waals surface area contributed by atoms with Crippen LogP contribution in [0.1, 0.15) is 76.7 Å². The molecule has 0 atom stereocenters. The van der Waals surface area contributed by atoms with Crippen molar-refractivity contribution in [3.05, 3.63) is 35.9 Å². The minimum Gasteiger partial charge on any atom is -0.452 e. The third kappa shape index (κ3) is 12.8. The van der Waals surface area contributed by atoms with Gasteiger partial charge in [0.2, 0.25) is 0 Å². The SMILES string of the molecule is CCCCCCCCCCCCSSC(=O)OCc1ccccc1. The van der Waals surface area contributed by atoms with Crippen molar-refractivity contribution in [1.82, 2.24) is 0 Å². The minimum absolute atomic E-state index is 0.184. The van der Waals surface area contributed by atoms with Crippen LogP contribution in [0.25, 0.3) is 0 Å². The summed E-state index contributed by atoms with van der Waals surface area (Å²) in [5, 5.41) is -0.184. The van der Waals surface area contributed by atoms with Crippen LogP contribution in [0.3, 0.4) is 0 Å². The molecule has 0 bridgehead atoms. The van der Waals surface area contributed by atoms with Crippen LogP contribution < -0.4 is 0 Å². The van der Waals surface area contributed by atoms with E-state index in [1.807, 2.05) is 30.3 Å². The van der Waals surface area contributed by atoms with Crippen LogP contribution >= 0.6 is 21.6 Å². The monoisotopic (exact) mass is 368 g/mol. The van der Waals surface area contributed by atoms with E-state index in [1.165, 1.54) is 75.0 Å². The molecule has 0 aromatic heterocycles. The smallest absolute Gasteiger partial charge is 0.378 e. The third-order valence-electron chi connectivity index (χ3n) is 3.91. The Balaban J connectivity index is 1.82. The minimum atomic E-state index is -0.184. The highest BCUT2D eigenvalue weighted by atomic mass is 33.1. The van der Waals surface area contributed by atoms with E-state index in [0.717, 1.165) is 11.3 Å². The van der Waals surface area contributed by atoms with Crippen molar-refractivity contribution in [2.45, 2.75) is 77.7 Å². The number of unbranched alkanes of at least 4 members (excludes halogenated alkanes) is 9. The molecule has 1 aromatic rings. The topological polar surface area (TPSA) is 26.3 Å². The highest BCUT2D eigenvalue weighted by molar-refractivity contribution is 8.82. The quantitative estimate of drug-likeness (QED) is 0.191. The first-order valence-corrected chi connectivity index (χ1v) is 11.6. The van der Waals surface area contributed by atoms with E-state index >= 15 is 0 Å². The van der Waals surface area contributed by atoms with Crippen LogP contribution in [-0.4, -0.2) is 11.1 Å². The second kappa shape index (κ2) is 15.9. The van der Waals surface area contributed by atoms with Gasteiger partial charge in [-0.2, -0.15) is 0 Å². The van der Waals surface area contributed by atoms with Gasteiger partial charge in [-0.3, -0.25) is 0 Å². The Bertz CT molecular complexity index is 409. The first-order chi connectivity index (χ1) is 11.8. The Morgan fingerprint density at radius 2 is 1.46 bits per heavy atom. The van der Waals surface area contributed by atoms with Crippen molar-refractivity contribution in [2.24, 2.45) is 0 Å². The molecule has 0 fully saturated rings. The van der Waals surface area contributed by atoms with Crippen molar-refractivity contribution in [1.29, 1.82) is 0 Å². The van der Waals surface area contributed by atoms with Crippen molar-refractivity contribution in [3.8, 4) is 0 Å². The molecule has 0 aliphatic rings. The van der Waals surface area contributed by atoms with Gasteiger partial charge in [0.25, 0.3) is 0 Å². The summed E-state index contributed by atoms with van der Waals surface area (Å²) in [7, 11) is 2.85. The van der Waals surface area contributed by atoms with E-state index in [2.05, 4.69) is 6.92 Å². The van der Waals surface area contributed by atoms with Crippen molar-refractivity contribution in [3.63, 3.8) is 0 Å². The Labute approximate surface area is 155 Å². The summed E-state index contributed by atoms with van der Waals surface area (Å²) < 4.78 is 5.23. The number of hydrogen-bond acceptors (Lipinski definition) is 4. The molecule has 0 amide bonds. The lowest BCUT2D eigenvalue weighted by molar-refractivity contribution is 0.169. The van der Waals surface area contributed by atoms with Crippen LogP contribution in [0, 0.1) is 0 Å². The normalized spacial score (nSPS) is 10.7. The third-order valence-corrected chi connectivity index (χ3v) is 6.00. The second-order valence-corrected chi connectivity index (χ2v) is 8.46.